The van der Waals surface area contributed by atoms with Crippen molar-refractivity contribution in [1.29, 1.82) is 0 Å². The van der Waals surface area contributed by atoms with Gasteiger partial charge in [0.25, 0.3) is 0 Å². The number of hydrogen-bond donors (Lipinski definition) is 2. The average Bonchev–Trinajstić information content (AvgIpc) is 2.26. The summed E-state index contributed by atoms with van der Waals surface area (Å²) in [5.74, 6) is -0.197. The van der Waals surface area contributed by atoms with Gasteiger partial charge in [-0.1, -0.05) is 11.6 Å². The first-order valence-corrected chi connectivity index (χ1v) is 6.22. The SMILES string of the molecule is CC(NCCOc1ccc(Cl)cc1Br)C(=O)O. The fraction of sp³-hybridized carbons (Fsp3) is 0.364. The Kier molecular flexibility index (Phi) is 5.74. The van der Waals surface area contributed by atoms with E-state index in [0.717, 1.165) is 4.47 Å². The van der Waals surface area contributed by atoms with Crippen LogP contribution in [0.4, 0.5) is 0 Å². The van der Waals surface area contributed by atoms with Gasteiger partial charge in [-0.15, -0.1) is 0 Å². The van der Waals surface area contributed by atoms with E-state index in [9.17, 15) is 4.79 Å². The Morgan fingerprint density at radius 3 is 2.94 bits per heavy atom. The molecule has 0 aromatic heterocycles. The third-order valence-corrected chi connectivity index (χ3v) is 2.93. The van der Waals surface area contributed by atoms with Gasteiger partial charge in [-0.2, -0.15) is 0 Å². The Morgan fingerprint density at radius 1 is 1.65 bits per heavy atom. The zero-order chi connectivity index (χ0) is 12.8. The van der Waals surface area contributed by atoms with Crippen molar-refractivity contribution in [3.8, 4) is 5.75 Å². The van der Waals surface area contributed by atoms with Gasteiger partial charge in [0.1, 0.15) is 18.4 Å². The Hall–Kier alpha value is -0.780. The highest BCUT2D eigenvalue weighted by atomic mass is 79.9. The number of carboxylic acids is 1. The molecule has 0 aliphatic heterocycles. The van der Waals surface area contributed by atoms with E-state index < -0.39 is 12.0 Å². The van der Waals surface area contributed by atoms with E-state index in [-0.39, 0.29) is 0 Å². The predicted octanol–water partition coefficient (Wildman–Crippen LogP) is 2.54. The molecule has 0 aliphatic rings. The third-order valence-electron chi connectivity index (χ3n) is 2.07. The van der Waals surface area contributed by atoms with E-state index in [1.54, 1.807) is 25.1 Å². The summed E-state index contributed by atoms with van der Waals surface area (Å²) in [5.41, 5.74) is 0. The molecule has 4 nitrogen and oxygen atoms in total. The summed E-state index contributed by atoms with van der Waals surface area (Å²) >= 11 is 9.12. The molecule has 1 unspecified atom stereocenters. The number of nitrogens with one attached hydrogen (secondary N) is 1. The lowest BCUT2D eigenvalue weighted by molar-refractivity contribution is -0.139. The Labute approximate surface area is 113 Å². The summed E-state index contributed by atoms with van der Waals surface area (Å²) in [6.45, 7) is 2.43. The van der Waals surface area contributed by atoms with Gasteiger partial charge in [0.05, 0.1) is 4.47 Å². The number of ether oxygens (including phenoxy) is 1. The summed E-state index contributed by atoms with van der Waals surface area (Å²) < 4.78 is 6.24. The Balaban J connectivity index is 2.34. The molecule has 0 heterocycles. The molecule has 1 aromatic rings. The lowest BCUT2D eigenvalue weighted by Crippen LogP contribution is -2.36. The molecular formula is C11H13BrClNO3. The summed E-state index contributed by atoms with van der Waals surface area (Å²) in [6.07, 6.45) is 0. The molecule has 1 atom stereocenters. The molecule has 0 aliphatic carbocycles. The number of carboxylic acid groups (broad SMARTS) is 1. The molecule has 17 heavy (non-hydrogen) atoms. The molecule has 0 spiro atoms. The molecule has 94 valence electrons. The van der Waals surface area contributed by atoms with E-state index in [1.165, 1.54) is 0 Å². The van der Waals surface area contributed by atoms with Gasteiger partial charge in [0, 0.05) is 11.6 Å². The van der Waals surface area contributed by atoms with Gasteiger partial charge in [0.2, 0.25) is 0 Å². The second-order valence-corrected chi connectivity index (χ2v) is 4.73. The molecule has 0 saturated heterocycles. The molecule has 0 bridgehead atoms. The Morgan fingerprint density at radius 2 is 2.35 bits per heavy atom. The van der Waals surface area contributed by atoms with Gasteiger partial charge in [-0.25, -0.2) is 0 Å². The van der Waals surface area contributed by atoms with Crippen LogP contribution in [0, 0.1) is 0 Å². The Bertz CT molecular complexity index is 400. The predicted molar refractivity (Wildman–Crippen MR) is 69.7 cm³/mol. The highest BCUT2D eigenvalue weighted by Crippen LogP contribution is 2.27. The fourth-order valence-corrected chi connectivity index (χ4v) is 1.91. The second-order valence-electron chi connectivity index (χ2n) is 3.44. The number of carbonyl (C=O) groups is 1. The van der Waals surface area contributed by atoms with Gasteiger partial charge >= 0.3 is 5.97 Å². The van der Waals surface area contributed by atoms with Crippen LogP contribution < -0.4 is 10.1 Å². The van der Waals surface area contributed by atoms with Gasteiger partial charge < -0.3 is 15.2 Å². The molecule has 0 fully saturated rings. The van der Waals surface area contributed by atoms with Crippen LogP contribution >= 0.6 is 27.5 Å². The molecule has 1 rings (SSSR count). The smallest absolute Gasteiger partial charge is 0.320 e. The second kappa shape index (κ2) is 6.83. The van der Waals surface area contributed by atoms with E-state index in [0.29, 0.717) is 23.9 Å². The van der Waals surface area contributed by atoms with Crippen molar-refractivity contribution >= 4 is 33.5 Å². The van der Waals surface area contributed by atoms with Crippen molar-refractivity contribution in [1.82, 2.24) is 5.32 Å². The summed E-state index contributed by atoms with van der Waals surface area (Å²) in [7, 11) is 0. The first kappa shape index (κ1) is 14.3. The summed E-state index contributed by atoms with van der Waals surface area (Å²) in [6, 6.07) is 4.65. The van der Waals surface area contributed by atoms with Crippen LogP contribution in [-0.2, 0) is 4.79 Å². The average molecular weight is 323 g/mol. The minimum atomic E-state index is -0.877. The maximum atomic E-state index is 10.5. The molecule has 0 saturated carbocycles. The topological polar surface area (TPSA) is 58.6 Å². The van der Waals surface area contributed by atoms with Gasteiger partial charge in [-0.3, -0.25) is 4.79 Å². The van der Waals surface area contributed by atoms with Crippen molar-refractivity contribution in [2.75, 3.05) is 13.2 Å². The van der Waals surface area contributed by atoms with Crippen molar-refractivity contribution in [2.45, 2.75) is 13.0 Å². The standard InChI is InChI=1S/C11H13BrClNO3/c1-7(11(15)16)14-4-5-17-10-3-2-8(13)6-9(10)12/h2-3,6-7,14H,4-5H2,1H3,(H,15,16). The summed E-state index contributed by atoms with van der Waals surface area (Å²) in [4.78, 5) is 10.5. The van der Waals surface area contributed by atoms with Crippen LogP contribution in [0.2, 0.25) is 5.02 Å². The van der Waals surface area contributed by atoms with Crippen LogP contribution in [0.25, 0.3) is 0 Å². The largest absolute Gasteiger partial charge is 0.491 e. The van der Waals surface area contributed by atoms with Crippen molar-refractivity contribution in [3.63, 3.8) is 0 Å². The fourth-order valence-electron chi connectivity index (χ4n) is 1.12. The van der Waals surface area contributed by atoms with Crippen molar-refractivity contribution < 1.29 is 14.6 Å². The maximum Gasteiger partial charge on any atom is 0.320 e. The highest BCUT2D eigenvalue weighted by Gasteiger charge is 2.08. The molecule has 0 radical (unpaired) electrons. The minimum absolute atomic E-state index is 0.387. The van der Waals surface area contributed by atoms with E-state index in [1.807, 2.05) is 0 Å². The van der Waals surface area contributed by atoms with Crippen LogP contribution in [0.5, 0.6) is 5.75 Å². The number of benzene rings is 1. The van der Waals surface area contributed by atoms with Crippen molar-refractivity contribution in [3.05, 3.63) is 27.7 Å². The minimum Gasteiger partial charge on any atom is -0.491 e. The van der Waals surface area contributed by atoms with Crippen molar-refractivity contribution in [2.24, 2.45) is 0 Å². The number of aliphatic carboxylic acids is 1. The van der Waals surface area contributed by atoms with E-state index in [4.69, 9.17) is 21.4 Å². The zero-order valence-electron chi connectivity index (χ0n) is 9.24. The first-order valence-electron chi connectivity index (χ1n) is 5.04. The maximum absolute atomic E-state index is 10.5. The van der Waals surface area contributed by atoms with Gasteiger partial charge in [0.15, 0.2) is 0 Å². The lowest BCUT2D eigenvalue weighted by Gasteiger charge is -2.11. The summed E-state index contributed by atoms with van der Waals surface area (Å²) in [5, 5.41) is 12.1. The van der Waals surface area contributed by atoms with E-state index >= 15 is 0 Å². The van der Waals surface area contributed by atoms with E-state index in [2.05, 4.69) is 21.2 Å². The number of halogens is 2. The normalized spacial score (nSPS) is 12.2. The molecule has 1 aromatic carbocycles. The molecule has 6 heteroatoms. The molecular weight excluding hydrogens is 309 g/mol. The van der Waals surface area contributed by atoms with Crippen LogP contribution in [0.15, 0.2) is 22.7 Å². The number of hydrogen-bond acceptors (Lipinski definition) is 3. The lowest BCUT2D eigenvalue weighted by atomic mass is 10.3. The first-order chi connectivity index (χ1) is 8.00. The van der Waals surface area contributed by atoms with Crippen LogP contribution in [0.3, 0.4) is 0 Å². The highest BCUT2D eigenvalue weighted by molar-refractivity contribution is 9.10. The van der Waals surface area contributed by atoms with Crippen LogP contribution in [0.1, 0.15) is 6.92 Å². The van der Waals surface area contributed by atoms with Gasteiger partial charge in [-0.05, 0) is 41.1 Å². The third kappa shape index (κ3) is 4.93. The number of rotatable bonds is 6. The molecule has 2 N–H and O–H groups in total. The van der Waals surface area contributed by atoms with Crippen LogP contribution in [-0.4, -0.2) is 30.3 Å². The zero-order valence-corrected chi connectivity index (χ0v) is 11.6. The monoisotopic (exact) mass is 321 g/mol. The quantitative estimate of drug-likeness (QED) is 0.790. The molecule has 0 amide bonds.